The van der Waals surface area contributed by atoms with Crippen molar-refractivity contribution >= 4 is 11.8 Å². The van der Waals surface area contributed by atoms with Gasteiger partial charge in [-0.05, 0) is 37.4 Å². The Hall–Kier alpha value is 0.270. The molecule has 1 atom stereocenters. The Bertz CT molecular complexity index is 131. The molecule has 0 radical (unpaired) electrons. The SMILES string of the molecule is CCCCN(CC)C(CN)CCSCC. The van der Waals surface area contributed by atoms with Gasteiger partial charge in [0.2, 0.25) is 0 Å². The number of nitrogens with two attached hydrogens (primary N) is 1. The molecule has 0 aromatic heterocycles. The van der Waals surface area contributed by atoms with Crippen molar-refractivity contribution in [2.24, 2.45) is 5.73 Å². The van der Waals surface area contributed by atoms with Crippen LogP contribution in [0.2, 0.25) is 0 Å². The van der Waals surface area contributed by atoms with Crippen LogP contribution in [0.25, 0.3) is 0 Å². The zero-order valence-electron chi connectivity index (χ0n) is 10.7. The lowest BCUT2D eigenvalue weighted by atomic mass is 10.1. The molecule has 0 saturated carbocycles. The Balaban J connectivity index is 3.85. The van der Waals surface area contributed by atoms with E-state index in [2.05, 4.69) is 25.7 Å². The first kappa shape index (κ1) is 15.3. The van der Waals surface area contributed by atoms with Crippen LogP contribution >= 0.6 is 11.8 Å². The van der Waals surface area contributed by atoms with Crippen LogP contribution in [-0.4, -0.2) is 42.1 Å². The fraction of sp³-hybridized carbons (Fsp3) is 1.00. The van der Waals surface area contributed by atoms with Gasteiger partial charge in [-0.1, -0.05) is 27.2 Å². The van der Waals surface area contributed by atoms with Gasteiger partial charge in [0, 0.05) is 12.6 Å². The second kappa shape index (κ2) is 10.8. The van der Waals surface area contributed by atoms with Gasteiger partial charge in [-0.25, -0.2) is 0 Å². The lowest BCUT2D eigenvalue weighted by Crippen LogP contribution is -2.41. The van der Waals surface area contributed by atoms with Crippen molar-refractivity contribution in [3.63, 3.8) is 0 Å². The first-order valence-electron chi connectivity index (χ1n) is 6.31. The highest BCUT2D eigenvalue weighted by Crippen LogP contribution is 2.10. The molecule has 0 bridgehead atoms. The van der Waals surface area contributed by atoms with E-state index in [-0.39, 0.29) is 0 Å². The molecule has 0 aliphatic rings. The molecular formula is C12H28N2S. The van der Waals surface area contributed by atoms with Crippen LogP contribution in [0.4, 0.5) is 0 Å². The summed E-state index contributed by atoms with van der Waals surface area (Å²) in [6.45, 7) is 9.87. The van der Waals surface area contributed by atoms with Crippen LogP contribution in [0.15, 0.2) is 0 Å². The number of rotatable bonds is 10. The Kier molecular flexibility index (Phi) is 11.0. The maximum atomic E-state index is 5.85. The summed E-state index contributed by atoms with van der Waals surface area (Å²) in [6.07, 6.45) is 3.81. The largest absolute Gasteiger partial charge is 0.329 e. The summed E-state index contributed by atoms with van der Waals surface area (Å²) in [5.41, 5.74) is 5.85. The quantitative estimate of drug-likeness (QED) is 0.587. The number of thioether (sulfide) groups is 1. The predicted molar refractivity (Wildman–Crippen MR) is 72.6 cm³/mol. The van der Waals surface area contributed by atoms with Gasteiger partial charge in [0.25, 0.3) is 0 Å². The van der Waals surface area contributed by atoms with Gasteiger partial charge < -0.3 is 5.73 Å². The molecule has 0 saturated heterocycles. The van der Waals surface area contributed by atoms with Crippen LogP contribution < -0.4 is 5.73 Å². The van der Waals surface area contributed by atoms with Crippen molar-refractivity contribution in [3.8, 4) is 0 Å². The minimum Gasteiger partial charge on any atom is -0.329 e. The number of unbranched alkanes of at least 4 members (excludes halogenated alkanes) is 1. The van der Waals surface area contributed by atoms with Crippen LogP contribution in [0.1, 0.15) is 40.0 Å². The topological polar surface area (TPSA) is 29.3 Å². The number of hydrogen-bond acceptors (Lipinski definition) is 3. The van der Waals surface area contributed by atoms with Crippen LogP contribution in [0, 0.1) is 0 Å². The first-order chi connectivity index (χ1) is 7.29. The van der Waals surface area contributed by atoms with Crippen LogP contribution in [-0.2, 0) is 0 Å². The van der Waals surface area contributed by atoms with Crippen molar-refractivity contribution in [3.05, 3.63) is 0 Å². The molecule has 0 aromatic rings. The Morgan fingerprint density at radius 3 is 2.47 bits per heavy atom. The van der Waals surface area contributed by atoms with E-state index in [4.69, 9.17) is 5.73 Å². The molecule has 1 unspecified atom stereocenters. The zero-order valence-corrected chi connectivity index (χ0v) is 11.5. The minimum absolute atomic E-state index is 0.598. The predicted octanol–water partition coefficient (Wildman–Crippen LogP) is 2.58. The van der Waals surface area contributed by atoms with Gasteiger partial charge in [0.15, 0.2) is 0 Å². The number of hydrogen-bond donors (Lipinski definition) is 1. The molecule has 0 heterocycles. The molecule has 0 fully saturated rings. The smallest absolute Gasteiger partial charge is 0.0226 e. The maximum Gasteiger partial charge on any atom is 0.0226 e. The molecule has 0 rings (SSSR count). The third kappa shape index (κ3) is 7.20. The van der Waals surface area contributed by atoms with E-state index >= 15 is 0 Å². The van der Waals surface area contributed by atoms with Gasteiger partial charge in [-0.15, -0.1) is 0 Å². The van der Waals surface area contributed by atoms with E-state index in [0.29, 0.717) is 6.04 Å². The average Bonchev–Trinajstić information content (AvgIpc) is 2.27. The second-order valence-electron chi connectivity index (χ2n) is 3.86. The van der Waals surface area contributed by atoms with E-state index in [1.165, 1.54) is 37.3 Å². The van der Waals surface area contributed by atoms with Gasteiger partial charge >= 0.3 is 0 Å². The first-order valence-corrected chi connectivity index (χ1v) is 7.47. The number of nitrogens with zero attached hydrogens (tertiary/aromatic N) is 1. The molecule has 0 amide bonds. The lowest BCUT2D eigenvalue weighted by Gasteiger charge is -2.29. The molecule has 0 spiro atoms. The van der Waals surface area contributed by atoms with Crippen molar-refractivity contribution in [1.82, 2.24) is 4.90 Å². The lowest BCUT2D eigenvalue weighted by molar-refractivity contribution is 0.203. The highest BCUT2D eigenvalue weighted by atomic mass is 32.2. The normalized spacial score (nSPS) is 13.4. The molecule has 15 heavy (non-hydrogen) atoms. The molecule has 0 aliphatic heterocycles. The second-order valence-corrected chi connectivity index (χ2v) is 5.25. The van der Waals surface area contributed by atoms with Crippen LogP contribution in [0.5, 0.6) is 0 Å². The molecule has 0 aliphatic carbocycles. The highest BCUT2D eigenvalue weighted by molar-refractivity contribution is 7.99. The Labute approximate surface area is 100.0 Å². The van der Waals surface area contributed by atoms with Gasteiger partial charge in [-0.2, -0.15) is 11.8 Å². The van der Waals surface area contributed by atoms with Crippen molar-refractivity contribution in [2.45, 2.75) is 46.1 Å². The minimum atomic E-state index is 0.598. The number of likely N-dealkylation sites (N-methyl/N-ethyl adjacent to an activating group) is 1. The van der Waals surface area contributed by atoms with E-state index in [0.717, 1.165) is 13.1 Å². The highest BCUT2D eigenvalue weighted by Gasteiger charge is 2.14. The molecule has 2 nitrogen and oxygen atoms in total. The van der Waals surface area contributed by atoms with Gasteiger partial charge in [0.1, 0.15) is 0 Å². The molecule has 2 N–H and O–H groups in total. The van der Waals surface area contributed by atoms with Crippen molar-refractivity contribution in [2.75, 3.05) is 31.1 Å². The summed E-state index contributed by atoms with van der Waals surface area (Å²) in [4.78, 5) is 2.54. The van der Waals surface area contributed by atoms with E-state index < -0.39 is 0 Å². The Morgan fingerprint density at radius 2 is 2.00 bits per heavy atom. The summed E-state index contributed by atoms with van der Waals surface area (Å²) in [7, 11) is 0. The molecule has 3 heteroatoms. The third-order valence-corrected chi connectivity index (χ3v) is 3.73. The van der Waals surface area contributed by atoms with Crippen molar-refractivity contribution in [1.29, 1.82) is 0 Å². The van der Waals surface area contributed by atoms with Gasteiger partial charge in [-0.3, -0.25) is 4.90 Å². The maximum absolute atomic E-state index is 5.85. The van der Waals surface area contributed by atoms with E-state index in [1.807, 2.05) is 11.8 Å². The van der Waals surface area contributed by atoms with Crippen molar-refractivity contribution < 1.29 is 0 Å². The van der Waals surface area contributed by atoms with Gasteiger partial charge in [0.05, 0.1) is 0 Å². The molecule has 0 aromatic carbocycles. The van der Waals surface area contributed by atoms with E-state index in [1.54, 1.807) is 0 Å². The summed E-state index contributed by atoms with van der Waals surface area (Å²) in [5, 5.41) is 0. The standard InChI is InChI=1S/C12H28N2S/c1-4-7-9-14(5-2)12(11-13)8-10-15-6-3/h12H,4-11,13H2,1-3H3. The summed E-state index contributed by atoms with van der Waals surface area (Å²) in [5.74, 6) is 2.47. The van der Waals surface area contributed by atoms with Crippen LogP contribution in [0.3, 0.4) is 0 Å². The average molecular weight is 232 g/mol. The Morgan fingerprint density at radius 1 is 1.27 bits per heavy atom. The fourth-order valence-electron chi connectivity index (χ4n) is 1.77. The third-order valence-electron chi connectivity index (χ3n) is 2.79. The molecule has 92 valence electrons. The molecular weight excluding hydrogens is 204 g/mol. The monoisotopic (exact) mass is 232 g/mol. The van der Waals surface area contributed by atoms with E-state index in [9.17, 15) is 0 Å². The summed E-state index contributed by atoms with van der Waals surface area (Å²) >= 11 is 2.02. The summed E-state index contributed by atoms with van der Waals surface area (Å²) in [6, 6.07) is 0.598. The zero-order chi connectivity index (χ0) is 11.5. The fourth-order valence-corrected chi connectivity index (χ4v) is 2.50. The summed E-state index contributed by atoms with van der Waals surface area (Å²) < 4.78 is 0.